The lowest BCUT2D eigenvalue weighted by molar-refractivity contribution is -0.138. The highest BCUT2D eigenvalue weighted by Crippen LogP contribution is 2.31. The second-order valence-electron chi connectivity index (χ2n) is 8.70. The van der Waals surface area contributed by atoms with Crippen LogP contribution in [0, 0.1) is 18.8 Å². The van der Waals surface area contributed by atoms with Gasteiger partial charge in [-0.1, -0.05) is 6.92 Å². The highest BCUT2D eigenvalue weighted by atomic mass is 16.4. The molecule has 0 spiro atoms. The van der Waals surface area contributed by atoms with E-state index < -0.39 is 5.91 Å². The topological polar surface area (TPSA) is 122 Å². The van der Waals surface area contributed by atoms with Crippen molar-refractivity contribution in [2.24, 2.45) is 17.6 Å². The van der Waals surface area contributed by atoms with Gasteiger partial charge in [0.05, 0.1) is 11.3 Å². The van der Waals surface area contributed by atoms with E-state index in [4.69, 9.17) is 10.2 Å². The lowest BCUT2D eigenvalue weighted by Gasteiger charge is -2.37. The van der Waals surface area contributed by atoms with Crippen LogP contribution >= 0.6 is 0 Å². The first-order valence-corrected chi connectivity index (χ1v) is 10.9. The summed E-state index contributed by atoms with van der Waals surface area (Å²) in [7, 11) is 0. The minimum atomic E-state index is -0.781. The fourth-order valence-corrected chi connectivity index (χ4v) is 4.40. The van der Waals surface area contributed by atoms with E-state index >= 15 is 0 Å². The molecule has 1 atom stereocenters. The number of likely N-dealkylation sites (tertiary alicyclic amines) is 2. The van der Waals surface area contributed by atoms with Crippen LogP contribution in [0.15, 0.2) is 16.5 Å². The van der Waals surface area contributed by atoms with Gasteiger partial charge in [-0.15, -0.1) is 0 Å². The molecule has 0 radical (unpaired) electrons. The fourth-order valence-electron chi connectivity index (χ4n) is 4.40. The van der Waals surface area contributed by atoms with Gasteiger partial charge in [0.25, 0.3) is 5.91 Å². The molecule has 0 aliphatic carbocycles. The van der Waals surface area contributed by atoms with E-state index in [2.05, 4.69) is 17.2 Å². The average Bonchev–Trinajstić information content (AvgIpc) is 3.11. The maximum Gasteiger partial charge on any atom is 0.321 e. The van der Waals surface area contributed by atoms with Crippen LogP contribution in [0.25, 0.3) is 11.1 Å². The number of pyridine rings is 1. The van der Waals surface area contributed by atoms with E-state index in [0.29, 0.717) is 24.4 Å². The Hall–Kier alpha value is -3.10. The van der Waals surface area contributed by atoms with Crippen molar-refractivity contribution in [2.45, 2.75) is 39.5 Å². The number of primary amides is 1. The molecule has 9 heteroatoms. The molecule has 0 saturated carbocycles. The molecule has 9 nitrogen and oxygen atoms in total. The van der Waals surface area contributed by atoms with Crippen LogP contribution in [-0.2, 0) is 4.79 Å². The third-order valence-corrected chi connectivity index (χ3v) is 6.30. The van der Waals surface area contributed by atoms with E-state index in [9.17, 15) is 14.4 Å². The number of furan rings is 1. The summed E-state index contributed by atoms with van der Waals surface area (Å²) in [6.07, 6.45) is 3.59. The van der Waals surface area contributed by atoms with E-state index in [0.717, 1.165) is 44.5 Å². The minimum Gasteiger partial charge on any atom is -0.430 e. The molecule has 2 aliphatic rings. The van der Waals surface area contributed by atoms with E-state index in [1.54, 1.807) is 24.0 Å². The van der Waals surface area contributed by atoms with Gasteiger partial charge in [-0.05, 0) is 50.7 Å². The molecule has 0 unspecified atom stereocenters. The molecule has 2 fully saturated rings. The minimum absolute atomic E-state index is 0.131. The Morgan fingerprint density at radius 3 is 2.58 bits per heavy atom. The summed E-state index contributed by atoms with van der Waals surface area (Å²) in [6.45, 7) is 6.50. The Labute approximate surface area is 180 Å². The second-order valence-corrected chi connectivity index (χ2v) is 8.70. The van der Waals surface area contributed by atoms with Crippen LogP contribution < -0.4 is 11.1 Å². The van der Waals surface area contributed by atoms with E-state index in [-0.39, 0.29) is 35.0 Å². The monoisotopic (exact) mass is 427 g/mol. The molecule has 166 valence electrons. The van der Waals surface area contributed by atoms with Gasteiger partial charge >= 0.3 is 6.03 Å². The van der Waals surface area contributed by atoms with Crippen LogP contribution in [0.1, 0.15) is 48.9 Å². The van der Waals surface area contributed by atoms with Crippen molar-refractivity contribution in [3.8, 4) is 0 Å². The van der Waals surface area contributed by atoms with Gasteiger partial charge in [-0.25, -0.2) is 9.78 Å². The van der Waals surface area contributed by atoms with Crippen LogP contribution in [0.4, 0.5) is 10.5 Å². The number of fused-ring (bicyclic) bond motifs is 1. The average molecular weight is 428 g/mol. The first kappa shape index (κ1) is 21.1. The quantitative estimate of drug-likeness (QED) is 0.780. The molecule has 2 aromatic heterocycles. The van der Waals surface area contributed by atoms with Crippen molar-refractivity contribution in [3.05, 3.63) is 23.6 Å². The number of nitrogens with two attached hydrogens (primary N) is 1. The molecule has 4 amide bonds. The summed E-state index contributed by atoms with van der Waals surface area (Å²) < 4.78 is 5.50. The third-order valence-electron chi connectivity index (χ3n) is 6.30. The number of anilines is 1. The van der Waals surface area contributed by atoms with Gasteiger partial charge in [0.1, 0.15) is 5.69 Å². The normalized spacial score (nSPS) is 20.1. The maximum atomic E-state index is 13.0. The van der Waals surface area contributed by atoms with Crippen molar-refractivity contribution in [3.63, 3.8) is 0 Å². The summed E-state index contributed by atoms with van der Waals surface area (Å²) in [5.41, 5.74) is 6.64. The van der Waals surface area contributed by atoms with E-state index in [1.165, 1.54) is 0 Å². The van der Waals surface area contributed by atoms with E-state index in [1.807, 2.05) is 4.90 Å². The fraction of sp³-hybridized carbons (Fsp3) is 0.545. The molecular formula is C22H29N5O4. The first-order valence-electron chi connectivity index (χ1n) is 10.9. The molecule has 4 heterocycles. The number of piperidine rings is 2. The zero-order valence-electron chi connectivity index (χ0n) is 18.0. The zero-order valence-corrected chi connectivity index (χ0v) is 18.0. The lowest BCUT2D eigenvalue weighted by Crippen LogP contribution is -2.49. The number of nitrogens with zero attached hydrogens (tertiary/aromatic N) is 3. The molecule has 31 heavy (non-hydrogen) atoms. The zero-order chi connectivity index (χ0) is 22.1. The van der Waals surface area contributed by atoms with Crippen molar-refractivity contribution in [2.75, 3.05) is 31.5 Å². The largest absolute Gasteiger partial charge is 0.430 e. The number of amides is 4. The lowest BCUT2D eigenvalue weighted by atomic mass is 9.93. The predicted octanol–water partition coefficient (Wildman–Crippen LogP) is 2.74. The van der Waals surface area contributed by atoms with Crippen molar-refractivity contribution < 1.29 is 18.8 Å². The van der Waals surface area contributed by atoms with Gasteiger partial charge in [-0.3, -0.25) is 9.59 Å². The smallest absolute Gasteiger partial charge is 0.321 e. The highest BCUT2D eigenvalue weighted by molar-refractivity contribution is 6.09. The number of hydrogen-bond donors (Lipinski definition) is 2. The number of urea groups is 1. The Morgan fingerprint density at radius 1 is 1.13 bits per heavy atom. The second kappa shape index (κ2) is 8.56. The van der Waals surface area contributed by atoms with Gasteiger partial charge in [0.15, 0.2) is 0 Å². The highest BCUT2D eigenvalue weighted by Gasteiger charge is 2.33. The maximum absolute atomic E-state index is 13.0. The Morgan fingerprint density at radius 2 is 1.87 bits per heavy atom. The molecular weight excluding hydrogens is 398 g/mol. The molecule has 0 bridgehead atoms. The van der Waals surface area contributed by atoms with Crippen molar-refractivity contribution in [1.29, 1.82) is 0 Å². The Balaban J connectivity index is 1.48. The van der Waals surface area contributed by atoms with Gasteiger partial charge in [0, 0.05) is 31.9 Å². The summed E-state index contributed by atoms with van der Waals surface area (Å²) in [4.78, 5) is 45.7. The third kappa shape index (κ3) is 4.35. The van der Waals surface area contributed by atoms with Gasteiger partial charge in [-0.2, -0.15) is 0 Å². The number of hydrogen-bond acceptors (Lipinski definition) is 5. The predicted molar refractivity (Wildman–Crippen MR) is 116 cm³/mol. The van der Waals surface area contributed by atoms with Crippen LogP contribution in [0.2, 0.25) is 0 Å². The SMILES string of the molecule is Cc1ccc2c(NC(=O)N3CCC[C@@H](C(=O)N4CCC(C)CC4)C3)c(C(N)=O)oc2n1. The van der Waals surface area contributed by atoms with Gasteiger partial charge in [0.2, 0.25) is 17.4 Å². The number of aryl methyl sites for hydroxylation is 1. The molecule has 3 N–H and O–H groups in total. The van der Waals surface area contributed by atoms with Crippen molar-refractivity contribution >= 4 is 34.6 Å². The molecule has 2 aliphatic heterocycles. The first-order chi connectivity index (χ1) is 14.8. The molecule has 0 aromatic carbocycles. The summed E-state index contributed by atoms with van der Waals surface area (Å²) in [5, 5.41) is 3.29. The summed E-state index contributed by atoms with van der Waals surface area (Å²) >= 11 is 0. The molecule has 2 aromatic rings. The summed E-state index contributed by atoms with van der Waals surface area (Å²) in [5.74, 6) is -0.324. The number of carbonyl (C=O) groups excluding carboxylic acids is 3. The number of aromatic nitrogens is 1. The molecule has 4 rings (SSSR count). The molecule has 2 saturated heterocycles. The number of nitrogens with one attached hydrogen (secondary N) is 1. The van der Waals surface area contributed by atoms with Crippen LogP contribution in [0.5, 0.6) is 0 Å². The standard InChI is InChI=1S/C22H29N5O4/c1-13-7-10-26(11-8-13)21(29)15-4-3-9-27(12-15)22(30)25-17-16-6-5-14(2)24-20(16)31-18(17)19(23)28/h5-6,13,15H,3-4,7-12H2,1-2H3,(H2,23,28)(H,25,30)/t15-/m1/s1. The summed E-state index contributed by atoms with van der Waals surface area (Å²) in [6, 6.07) is 3.13. The number of carbonyl (C=O) groups is 3. The van der Waals surface area contributed by atoms with Crippen molar-refractivity contribution in [1.82, 2.24) is 14.8 Å². The Bertz CT molecular complexity index is 1010. The van der Waals surface area contributed by atoms with Crippen LogP contribution in [0.3, 0.4) is 0 Å². The van der Waals surface area contributed by atoms with Crippen LogP contribution in [-0.4, -0.2) is 58.8 Å². The Kier molecular flexibility index (Phi) is 5.84. The number of rotatable bonds is 3. The van der Waals surface area contributed by atoms with Gasteiger partial charge < -0.3 is 25.3 Å².